The van der Waals surface area contributed by atoms with E-state index in [2.05, 4.69) is 36.9 Å². The smallest absolute Gasteiger partial charge is 0.257 e. The van der Waals surface area contributed by atoms with Crippen LogP contribution in [0.3, 0.4) is 0 Å². The van der Waals surface area contributed by atoms with Gasteiger partial charge in [-0.15, -0.1) is 0 Å². The van der Waals surface area contributed by atoms with Gasteiger partial charge in [-0.1, -0.05) is 41.4 Å². The monoisotopic (exact) mass is 452 g/mol. The van der Waals surface area contributed by atoms with Crippen LogP contribution in [0.4, 0.5) is 0 Å². The maximum absolute atomic E-state index is 13.4. The number of likely N-dealkylation sites (tertiary alicyclic amines) is 1. The van der Waals surface area contributed by atoms with E-state index in [1.807, 2.05) is 24.3 Å². The molecule has 168 valence electrons. The predicted octanol–water partition coefficient (Wildman–Crippen LogP) is 3.83. The molecule has 6 nitrogen and oxygen atoms in total. The first-order chi connectivity index (χ1) is 15.3. The second kappa shape index (κ2) is 9.43. The molecular weight excluding hydrogens is 424 g/mol. The van der Waals surface area contributed by atoms with Crippen LogP contribution in [0.25, 0.3) is 0 Å². The number of nitrogens with zero attached hydrogens (tertiary/aromatic N) is 3. The maximum Gasteiger partial charge on any atom is 0.257 e. The Morgan fingerprint density at radius 2 is 1.78 bits per heavy atom. The average molecular weight is 453 g/mol. The Kier molecular flexibility index (Phi) is 6.63. The van der Waals surface area contributed by atoms with Crippen molar-refractivity contribution in [1.82, 2.24) is 9.91 Å². The number of piperidine rings is 1. The van der Waals surface area contributed by atoms with Gasteiger partial charge in [0.2, 0.25) is 5.91 Å². The summed E-state index contributed by atoms with van der Waals surface area (Å²) in [6, 6.07) is 13.8. The molecule has 2 amide bonds. The van der Waals surface area contributed by atoms with Gasteiger partial charge in [0.15, 0.2) is 0 Å². The van der Waals surface area contributed by atoms with Crippen molar-refractivity contribution in [2.45, 2.75) is 39.2 Å². The van der Waals surface area contributed by atoms with E-state index in [0.717, 1.165) is 22.4 Å². The van der Waals surface area contributed by atoms with E-state index in [9.17, 15) is 9.59 Å². The molecule has 4 rings (SSSR count). The lowest BCUT2D eigenvalue weighted by Gasteiger charge is -2.31. The third-order valence-corrected chi connectivity index (χ3v) is 6.73. The Morgan fingerprint density at radius 1 is 1.09 bits per heavy atom. The van der Waals surface area contributed by atoms with E-state index >= 15 is 0 Å². The zero-order chi connectivity index (χ0) is 22.8. The first kappa shape index (κ1) is 22.5. The lowest BCUT2D eigenvalue weighted by molar-refractivity contribution is -0.134. The summed E-state index contributed by atoms with van der Waals surface area (Å²) < 4.78 is 0. The highest BCUT2D eigenvalue weighted by Crippen LogP contribution is 2.34. The molecule has 2 aromatic rings. The highest BCUT2D eigenvalue weighted by Gasteiger charge is 2.35. The van der Waals surface area contributed by atoms with Crippen molar-refractivity contribution < 1.29 is 9.59 Å². The van der Waals surface area contributed by atoms with Crippen molar-refractivity contribution in [2.75, 3.05) is 19.6 Å². The Hall–Kier alpha value is -2.70. The second-order valence-electron chi connectivity index (χ2n) is 8.83. The first-order valence-electron chi connectivity index (χ1n) is 11.1. The Labute approximate surface area is 194 Å². The number of aryl methyl sites for hydroxylation is 2. The molecule has 2 heterocycles. The van der Waals surface area contributed by atoms with Gasteiger partial charge in [-0.2, -0.15) is 5.10 Å². The molecule has 0 aliphatic carbocycles. The first-order valence-corrected chi connectivity index (χ1v) is 11.4. The Morgan fingerprint density at radius 3 is 2.44 bits per heavy atom. The zero-order valence-electron chi connectivity index (χ0n) is 18.6. The number of primary amides is 1. The molecule has 0 unspecified atom stereocenters. The largest absolute Gasteiger partial charge is 0.369 e. The molecule has 0 aromatic heterocycles. The summed E-state index contributed by atoms with van der Waals surface area (Å²) in [4.78, 5) is 26.9. The van der Waals surface area contributed by atoms with Gasteiger partial charge in [0.05, 0.1) is 18.3 Å². The minimum Gasteiger partial charge on any atom is -0.369 e. The zero-order valence-corrected chi connectivity index (χ0v) is 19.3. The Bertz CT molecular complexity index is 1040. The SMILES string of the molecule is Cc1ccc(C)c(C2=NN(C(=O)CN3CCC(C(N)=O)CC3)[C@@H](c3ccc(Cl)cc3)C2)c1. The molecule has 0 radical (unpaired) electrons. The van der Waals surface area contributed by atoms with E-state index in [4.69, 9.17) is 22.4 Å². The van der Waals surface area contributed by atoms with Crippen LogP contribution in [-0.2, 0) is 9.59 Å². The summed E-state index contributed by atoms with van der Waals surface area (Å²) in [5, 5.41) is 7.12. The van der Waals surface area contributed by atoms with Gasteiger partial charge in [-0.25, -0.2) is 5.01 Å². The summed E-state index contributed by atoms with van der Waals surface area (Å²) in [5.74, 6) is -0.382. The van der Waals surface area contributed by atoms with Crippen molar-refractivity contribution in [1.29, 1.82) is 0 Å². The number of carbonyl (C=O) groups is 2. The lowest BCUT2D eigenvalue weighted by Crippen LogP contribution is -2.43. The third-order valence-electron chi connectivity index (χ3n) is 6.47. The van der Waals surface area contributed by atoms with Crippen LogP contribution in [0.15, 0.2) is 47.6 Å². The summed E-state index contributed by atoms with van der Waals surface area (Å²) in [6.45, 7) is 5.79. The van der Waals surface area contributed by atoms with Gasteiger partial charge >= 0.3 is 0 Å². The van der Waals surface area contributed by atoms with Crippen LogP contribution in [0.2, 0.25) is 5.02 Å². The molecule has 0 saturated carbocycles. The maximum atomic E-state index is 13.4. The number of amides is 2. The molecule has 2 aromatic carbocycles. The average Bonchev–Trinajstić information content (AvgIpc) is 3.22. The lowest BCUT2D eigenvalue weighted by atomic mass is 9.95. The highest BCUT2D eigenvalue weighted by atomic mass is 35.5. The number of hydrazone groups is 1. The number of rotatable bonds is 5. The predicted molar refractivity (Wildman–Crippen MR) is 126 cm³/mol. The van der Waals surface area contributed by atoms with Gasteiger partial charge in [0.1, 0.15) is 0 Å². The van der Waals surface area contributed by atoms with Crippen LogP contribution in [0.5, 0.6) is 0 Å². The summed E-state index contributed by atoms with van der Waals surface area (Å²) >= 11 is 6.09. The topological polar surface area (TPSA) is 79.0 Å². The van der Waals surface area contributed by atoms with Crippen molar-refractivity contribution in [3.63, 3.8) is 0 Å². The quantitative estimate of drug-likeness (QED) is 0.748. The van der Waals surface area contributed by atoms with Crippen LogP contribution in [-0.4, -0.2) is 47.1 Å². The Balaban J connectivity index is 1.57. The van der Waals surface area contributed by atoms with E-state index < -0.39 is 0 Å². The van der Waals surface area contributed by atoms with Crippen LogP contribution < -0.4 is 5.73 Å². The molecule has 32 heavy (non-hydrogen) atoms. The molecule has 1 fully saturated rings. The highest BCUT2D eigenvalue weighted by molar-refractivity contribution is 6.30. The van der Waals surface area contributed by atoms with Crippen molar-refractivity contribution >= 4 is 29.1 Å². The van der Waals surface area contributed by atoms with Gasteiger partial charge in [-0.05, 0) is 69.1 Å². The number of hydrogen-bond acceptors (Lipinski definition) is 4. The minimum absolute atomic E-state index is 0.0391. The molecule has 0 bridgehead atoms. The summed E-state index contributed by atoms with van der Waals surface area (Å²) in [6.07, 6.45) is 2.04. The molecule has 0 spiro atoms. The standard InChI is InChI=1S/C25H29ClN4O2/c1-16-3-4-17(2)21(13-16)22-14-23(18-5-7-20(26)8-6-18)30(28-22)24(31)15-29-11-9-19(10-12-29)25(27)32/h3-8,13,19,23H,9-12,14-15H2,1-2H3,(H2,27,32)/t23-/m1/s1. The molecule has 2 N–H and O–H groups in total. The molecule has 2 aliphatic rings. The fraction of sp³-hybridized carbons (Fsp3) is 0.400. The van der Waals surface area contributed by atoms with Crippen LogP contribution in [0.1, 0.15) is 47.6 Å². The van der Waals surface area contributed by atoms with Crippen LogP contribution >= 0.6 is 11.6 Å². The van der Waals surface area contributed by atoms with E-state index in [0.29, 0.717) is 37.4 Å². The number of carbonyl (C=O) groups excluding carboxylic acids is 2. The third kappa shape index (κ3) is 4.87. The van der Waals surface area contributed by atoms with E-state index in [-0.39, 0.29) is 30.3 Å². The molecule has 1 atom stereocenters. The van der Waals surface area contributed by atoms with Crippen LogP contribution in [0, 0.1) is 19.8 Å². The molecule has 1 saturated heterocycles. The minimum atomic E-state index is -0.249. The molecule has 2 aliphatic heterocycles. The fourth-order valence-corrected chi connectivity index (χ4v) is 4.66. The number of benzene rings is 2. The molecular formula is C25H29ClN4O2. The summed E-state index contributed by atoms with van der Waals surface area (Å²) in [5.41, 5.74) is 10.8. The van der Waals surface area contributed by atoms with E-state index in [1.54, 1.807) is 5.01 Å². The number of halogens is 1. The number of hydrogen-bond donors (Lipinski definition) is 1. The van der Waals surface area contributed by atoms with Gasteiger partial charge in [-0.3, -0.25) is 14.5 Å². The second-order valence-corrected chi connectivity index (χ2v) is 9.26. The van der Waals surface area contributed by atoms with Crippen molar-refractivity contribution in [3.05, 3.63) is 69.7 Å². The van der Waals surface area contributed by atoms with Crippen molar-refractivity contribution in [2.24, 2.45) is 16.8 Å². The fourth-order valence-electron chi connectivity index (χ4n) is 4.53. The van der Waals surface area contributed by atoms with Crippen molar-refractivity contribution in [3.8, 4) is 0 Å². The van der Waals surface area contributed by atoms with Gasteiger partial charge < -0.3 is 5.73 Å². The van der Waals surface area contributed by atoms with E-state index in [1.165, 1.54) is 5.56 Å². The number of nitrogens with two attached hydrogens (primary N) is 1. The normalized spacial score (nSPS) is 19.8. The van der Waals surface area contributed by atoms with Gasteiger partial charge in [0, 0.05) is 22.9 Å². The molecule has 7 heteroatoms. The summed E-state index contributed by atoms with van der Waals surface area (Å²) in [7, 11) is 0. The van der Waals surface area contributed by atoms with Gasteiger partial charge in [0.25, 0.3) is 5.91 Å².